The Morgan fingerprint density at radius 3 is 2.78 bits per heavy atom. The number of halogens is 2. The van der Waals surface area contributed by atoms with E-state index in [9.17, 15) is 0 Å². The van der Waals surface area contributed by atoms with Crippen molar-refractivity contribution in [3.8, 4) is 5.75 Å². The van der Waals surface area contributed by atoms with Gasteiger partial charge in [-0.1, -0.05) is 31.9 Å². The maximum Gasteiger partial charge on any atom is 0.123 e. The summed E-state index contributed by atoms with van der Waals surface area (Å²) in [6, 6.07) is 6.22. The molecule has 2 rings (SSSR count). The van der Waals surface area contributed by atoms with E-state index in [1.54, 1.807) is 0 Å². The van der Waals surface area contributed by atoms with E-state index in [4.69, 9.17) is 9.47 Å². The molecule has 1 atom stereocenters. The number of benzene rings is 1. The van der Waals surface area contributed by atoms with Crippen molar-refractivity contribution in [1.29, 1.82) is 0 Å². The van der Waals surface area contributed by atoms with Gasteiger partial charge in [0.2, 0.25) is 0 Å². The summed E-state index contributed by atoms with van der Waals surface area (Å²) < 4.78 is 12.2. The number of hydrogen-bond donors (Lipinski definition) is 0. The monoisotopic (exact) mass is 376 g/mol. The van der Waals surface area contributed by atoms with Gasteiger partial charge in [0.15, 0.2) is 0 Å². The highest BCUT2D eigenvalue weighted by Crippen LogP contribution is 2.42. The van der Waals surface area contributed by atoms with Crippen LogP contribution in [0.4, 0.5) is 0 Å². The number of rotatable bonds is 4. The average Bonchev–Trinajstić information content (AvgIpc) is 2.41. The van der Waals surface area contributed by atoms with Crippen LogP contribution >= 0.6 is 31.9 Å². The summed E-state index contributed by atoms with van der Waals surface area (Å²) in [5.74, 6) is 1.60. The molecule has 0 bridgehead atoms. The lowest BCUT2D eigenvalue weighted by Crippen LogP contribution is -2.19. The maximum atomic E-state index is 5.72. The van der Waals surface area contributed by atoms with Crippen molar-refractivity contribution >= 4 is 31.9 Å². The Kier molecular flexibility index (Phi) is 5.52. The molecular weight excluding hydrogens is 360 g/mol. The normalized spacial score (nSPS) is 18.6. The second kappa shape index (κ2) is 6.92. The van der Waals surface area contributed by atoms with Crippen molar-refractivity contribution in [3.63, 3.8) is 0 Å². The molecule has 1 heterocycles. The zero-order valence-corrected chi connectivity index (χ0v) is 13.7. The van der Waals surface area contributed by atoms with Gasteiger partial charge < -0.3 is 9.47 Å². The van der Waals surface area contributed by atoms with Gasteiger partial charge in [0.1, 0.15) is 5.75 Å². The molecule has 1 aliphatic rings. The minimum atomic E-state index is 0.334. The summed E-state index contributed by atoms with van der Waals surface area (Å²) in [5.41, 5.74) is 1.23. The maximum absolute atomic E-state index is 5.72. The van der Waals surface area contributed by atoms with Crippen molar-refractivity contribution < 1.29 is 9.47 Å². The summed E-state index contributed by atoms with van der Waals surface area (Å²) in [7, 11) is 0. The predicted molar refractivity (Wildman–Crippen MR) is 80.5 cm³/mol. The second-order valence-corrected chi connectivity index (χ2v) is 6.37. The van der Waals surface area contributed by atoms with Gasteiger partial charge in [-0.05, 0) is 43.9 Å². The average molecular weight is 378 g/mol. The SMILES string of the molecule is CCOc1ccc(Br)cc1C(Br)C1CCOCC1. The molecule has 0 N–H and O–H groups in total. The molecule has 2 nitrogen and oxygen atoms in total. The van der Waals surface area contributed by atoms with E-state index in [-0.39, 0.29) is 0 Å². The zero-order valence-electron chi connectivity index (χ0n) is 10.5. The molecule has 4 heteroatoms. The first-order chi connectivity index (χ1) is 8.72. The van der Waals surface area contributed by atoms with Crippen LogP contribution < -0.4 is 4.74 Å². The van der Waals surface area contributed by atoms with E-state index in [0.29, 0.717) is 17.4 Å². The van der Waals surface area contributed by atoms with Gasteiger partial charge in [0, 0.05) is 28.1 Å². The molecule has 1 aliphatic heterocycles. The predicted octanol–water partition coefficient (Wildman–Crippen LogP) is 4.71. The van der Waals surface area contributed by atoms with E-state index in [1.165, 1.54) is 5.56 Å². The number of ether oxygens (including phenoxy) is 2. The molecule has 0 aliphatic carbocycles. The van der Waals surface area contributed by atoms with E-state index in [1.807, 2.05) is 19.1 Å². The van der Waals surface area contributed by atoms with Gasteiger partial charge in [-0.2, -0.15) is 0 Å². The highest BCUT2D eigenvalue weighted by molar-refractivity contribution is 9.10. The topological polar surface area (TPSA) is 18.5 Å². The van der Waals surface area contributed by atoms with Crippen LogP contribution in [0.25, 0.3) is 0 Å². The largest absolute Gasteiger partial charge is 0.494 e. The van der Waals surface area contributed by atoms with Crippen LogP contribution in [0, 0.1) is 5.92 Å². The van der Waals surface area contributed by atoms with Crippen LogP contribution in [0.2, 0.25) is 0 Å². The fraction of sp³-hybridized carbons (Fsp3) is 0.571. The fourth-order valence-electron chi connectivity index (χ4n) is 2.28. The molecule has 0 spiro atoms. The van der Waals surface area contributed by atoms with Gasteiger partial charge in [-0.25, -0.2) is 0 Å². The zero-order chi connectivity index (χ0) is 13.0. The molecule has 1 saturated heterocycles. The lowest BCUT2D eigenvalue weighted by Gasteiger charge is -2.28. The van der Waals surface area contributed by atoms with Gasteiger partial charge in [-0.15, -0.1) is 0 Å². The Bertz CT molecular complexity index is 389. The van der Waals surface area contributed by atoms with Gasteiger partial charge in [0.05, 0.1) is 6.61 Å². The third kappa shape index (κ3) is 3.49. The van der Waals surface area contributed by atoms with Crippen molar-refractivity contribution in [3.05, 3.63) is 28.2 Å². The van der Waals surface area contributed by atoms with E-state index in [0.717, 1.165) is 36.3 Å². The molecule has 18 heavy (non-hydrogen) atoms. The molecule has 0 amide bonds. The summed E-state index contributed by atoms with van der Waals surface area (Å²) in [6.45, 7) is 4.45. The molecule has 0 radical (unpaired) electrons. The third-order valence-electron chi connectivity index (χ3n) is 3.25. The molecule has 1 unspecified atom stereocenters. The third-order valence-corrected chi connectivity index (χ3v) is 4.98. The van der Waals surface area contributed by atoms with E-state index in [2.05, 4.69) is 37.9 Å². The van der Waals surface area contributed by atoms with Crippen LogP contribution in [-0.2, 0) is 4.74 Å². The molecule has 1 aromatic rings. The van der Waals surface area contributed by atoms with E-state index < -0.39 is 0 Å². The Hall–Kier alpha value is -0.0600. The van der Waals surface area contributed by atoms with Crippen molar-refractivity contribution in [1.82, 2.24) is 0 Å². The Balaban J connectivity index is 2.21. The quantitative estimate of drug-likeness (QED) is 0.707. The molecule has 1 aromatic carbocycles. The van der Waals surface area contributed by atoms with Crippen LogP contribution in [-0.4, -0.2) is 19.8 Å². The molecule has 0 saturated carbocycles. The fourth-order valence-corrected chi connectivity index (χ4v) is 3.55. The van der Waals surface area contributed by atoms with Crippen LogP contribution in [0.1, 0.15) is 30.2 Å². The highest BCUT2D eigenvalue weighted by Gasteiger charge is 2.25. The summed E-state index contributed by atoms with van der Waals surface area (Å²) >= 11 is 7.38. The van der Waals surface area contributed by atoms with Crippen molar-refractivity contribution in [2.24, 2.45) is 5.92 Å². The van der Waals surface area contributed by atoms with E-state index >= 15 is 0 Å². The first kappa shape index (κ1) is 14.4. The Labute approximate surface area is 125 Å². The lowest BCUT2D eigenvalue weighted by atomic mass is 9.92. The van der Waals surface area contributed by atoms with Crippen LogP contribution in [0.15, 0.2) is 22.7 Å². The second-order valence-electron chi connectivity index (χ2n) is 4.47. The lowest BCUT2D eigenvalue weighted by molar-refractivity contribution is 0.0660. The molecular formula is C14H18Br2O2. The Morgan fingerprint density at radius 2 is 2.11 bits per heavy atom. The van der Waals surface area contributed by atoms with Crippen molar-refractivity contribution in [2.75, 3.05) is 19.8 Å². The van der Waals surface area contributed by atoms with Crippen LogP contribution in [0.3, 0.4) is 0 Å². The minimum absolute atomic E-state index is 0.334. The Morgan fingerprint density at radius 1 is 1.39 bits per heavy atom. The first-order valence-electron chi connectivity index (χ1n) is 6.36. The molecule has 1 fully saturated rings. The van der Waals surface area contributed by atoms with Gasteiger partial charge in [-0.3, -0.25) is 0 Å². The highest BCUT2D eigenvalue weighted by atomic mass is 79.9. The van der Waals surface area contributed by atoms with Crippen molar-refractivity contribution in [2.45, 2.75) is 24.6 Å². The summed E-state index contributed by atoms with van der Waals surface area (Å²) in [5, 5.41) is 0. The standard InChI is InChI=1S/C14H18Br2O2/c1-2-18-13-4-3-11(15)9-12(13)14(16)10-5-7-17-8-6-10/h3-4,9-10,14H,2,5-8H2,1H3. The number of alkyl halides is 1. The van der Waals surface area contributed by atoms with Crippen LogP contribution in [0.5, 0.6) is 5.75 Å². The smallest absolute Gasteiger partial charge is 0.123 e. The number of hydrogen-bond acceptors (Lipinski definition) is 2. The van der Waals surface area contributed by atoms with Gasteiger partial charge in [0.25, 0.3) is 0 Å². The summed E-state index contributed by atoms with van der Waals surface area (Å²) in [4.78, 5) is 0.334. The molecule has 100 valence electrons. The molecule has 0 aromatic heterocycles. The van der Waals surface area contributed by atoms with Gasteiger partial charge >= 0.3 is 0 Å². The first-order valence-corrected chi connectivity index (χ1v) is 8.07. The summed E-state index contributed by atoms with van der Waals surface area (Å²) in [6.07, 6.45) is 2.21. The minimum Gasteiger partial charge on any atom is -0.494 e.